The fourth-order valence-corrected chi connectivity index (χ4v) is 2.33. The Morgan fingerprint density at radius 3 is 2.56 bits per heavy atom. The Hall–Kier alpha value is -1.08. The van der Waals surface area contributed by atoms with Crippen molar-refractivity contribution in [2.75, 3.05) is 19.6 Å². The van der Waals surface area contributed by atoms with Gasteiger partial charge in [-0.15, -0.1) is 0 Å². The number of nitrogens with zero attached hydrogens (tertiary/aromatic N) is 2. The normalized spacial score (nSPS) is 21.4. The van der Waals surface area contributed by atoms with Crippen LogP contribution in [0.5, 0.6) is 0 Å². The first kappa shape index (κ1) is 11.4. The van der Waals surface area contributed by atoms with Crippen LogP contribution in [0.15, 0.2) is 0 Å². The summed E-state index contributed by atoms with van der Waals surface area (Å²) >= 11 is 0. The second kappa shape index (κ2) is 5.31. The number of hydrogen-bond donors (Lipinski definition) is 1. The molecule has 0 bridgehead atoms. The lowest BCUT2D eigenvalue weighted by Crippen LogP contribution is -2.42. The largest absolute Gasteiger partial charge is 0.338 e. The SMILES string of the molecule is N#CCCN(C(=O)C1CCNCC1)C1CC1. The van der Waals surface area contributed by atoms with Crippen LogP contribution < -0.4 is 5.32 Å². The zero-order valence-electron chi connectivity index (χ0n) is 9.61. The molecule has 1 amide bonds. The van der Waals surface area contributed by atoms with E-state index in [1.807, 2.05) is 4.90 Å². The predicted molar refractivity (Wildman–Crippen MR) is 60.6 cm³/mol. The molecule has 2 rings (SSSR count). The molecule has 1 aliphatic carbocycles. The van der Waals surface area contributed by atoms with Crippen LogP contribution in [0.25, 0.3) is 0 Å². The van der Waals surface area contributed by atoms with Gasteiger partial charge in [0.25, 0.3) is 0 Å². The van der Waals surface area contributed by atoms with Crippen molar-refractivity contribution in [2.45, 2.75) is 38.1 Å². The lowest BCUT2D eigenvalue weighted by molar-refractivity contribution is -0.136. The molecule has 1 saturated heterocycles. The number of piperidine rings is 1. The highest BCUT2D eigenvalue weighted by atomic mass is 16.2. The number of nitrogens with one attached hydrogen (secondary N) is 1. The van der Waals surface area contributed by atoms with Crippen LogP contribution in [-0.2, 0) is 4.79 Å². The number of hydrogen-bond acceptors (Lipinski definition) is 3. The van der Waals surface area contributed by atoms with Crippen molar-refractivity contribution in [1.82, 2.24) is 10.2 Å². The second-order valence-electron chi connectivity index (χ2n) is 4.70. The number of carbonyl (C=O) groups is 1. The average Bonchev–Trinajstić information content (AvgIpc) is 3.15. The summed E-state index contributed by atoms with van der Waals surface area (Å²) in [6, 6.07) is 2.57. The Bertz CT molecular complexity index is 287. The maximum absolute atomic E-state index is 12.3. The van der Waals surface area contributed by atoms with Gasteiger partial charge >= 0.3 is 0 Å². The van der Waals surface area contributed by atoms with Gasteiger partial charge in [0.05, 0.1) is 12.5 Å². The summed E-state index contributed by atoms with van der Waals surface area (Å²) in [5.74, 6) is 0.486. The van der Waals surface area contributed by atoms with E-state index in [2.05, 4.69) is 11.4 Å². The highest BCUT2D eigenvalue weighted by Gasteiger charge is 2.35. The van der Waals surface area contributed by atoms with E-state index >= 15 is 0 Å². The lowest BCUT2D eigenvalue weighted by atomic mass is 9.96. The van der Waals surface area contributed by atoms with Crippen LogP contribution in [0.4, 0.5) is 0 Å². The molecule has 1 heterocycles. The Balaban J connectivity index is 1.90. The first-order chi connectivity index (χ1) is 7.83. The zero-order chi connectivity index (χ0) is 11.4. The molecule has 2 aliphatic rings. The summed E-state index contributed by atoms with van der Waals surface area (Å²) in [6.07, 6.45) is 4.63. The molecule has 88 valence electrons. The fraction of sp³-hybridized carbons (Fsp3) is 0.833. The van der Waals surface area contributed by atoms with Gasteiger partial charge in [0, 0.05) is 18.5 Å². The molecule has 4 nitrogen and oxygen atoms in total. The highest BCUT2D eigenvalue weighted by molar-refractivity contribution is 5.79. The van der Waals surface area contributed by atoms with Crippen molar-refractivity contribution in [3.8, 4) is 6.07 Å². The summed E-state index contributed by atoms with van der Waals surface area (Å²) in [5.41, 5.74) is 0. The van der Waals surface area contributed by atoms with E-state index < -0.39 is 0 Å². The van der Waals surface area contributed by atoms with Crippen LogP contribution >= 0.6 is 0 Å². The van der Waals surface area contributed by atoms with Crippen LogP contribution in [0.1, 0.15) is 32.1 Å². The maximum Gasteiger partial charge on any atom is 0.226 e. The molecule has 16 heavy (non-hydrogen) atoms. The summed E-state index contributed by atoms with van der Waals surface area (Å²) < 4.78 is 0. The maximum atomic E-state index is 12.3. The van der Waals surface area contributed by atoms with E-state index in [-0.39, 0.29) is 5.92 Å². The first-order valence-corrected chi connectivity index (χ1v) is 6.21. The molecule has 0 atom stereocenters. The van der Waals surface area contributed by atoms with Crippen molar-refractivity contribution in [3.63, 3.8) is 0 Å². The zero-order valence-corrected chi connectivity index (χ0v) is 9.61. The topological polar surface area (TPSA) is 56.1 Å². The minimum absolute atomic E-state index is 0.195. The molecule has 0 spiro atoms. The van der Waals surface area contributed by atoms with Gasteiger partial charge in [0.1, 0.15) is 0 Å². The summed E-state index contributed by atoms with van der Waals surface area (Å²) in [4.78, 5) is 14.2. The minimum Gasteiger partial charge on any atom is -0.338 e. The molecule has 0 unspecified atom stereocenters. The molecule has 4 heteroatoms. The average molecular weight is 221 g/mol. The smallest absolute Gasteiger partial charge is 0.226 e. The first-order valence-electron chi connectivity index (χ1n) is 6.21. The van der Waals surface area contributed by atoms with Gasteiger partial charge in [0.15, 0.2) is 0 Å². The van der Waals surface area contributed by atoms with Crippen molar-refractivity contribution >= 4 is 5.91 Å². The van der Waals surface area contributed by atoms with E-state index in [0.29, 0.717) is 24.9 Å². The molecular formula is C12H19N3O. The number of rotatable bonds is 4. The van der Waals surface area contributed by atoms with E-state index in [9.17, 15) is 4.79 Å². The summed E-state index contributed by atoms with van der Waals surface area (Å²) in [6.45, 7) is 2.53. The molecule has 2 fully saturated rings. The molecule has 1 N–H and O–H groups in total. The van der Waals surface area contributed by atoms with Crippen molar-refractivity contribution < 1.29 is 4.79 Å². The molecule has 0 aromatic rings. The highest BCUT2D eigenvalue weighted by Crippen LogP contribution is 2.29. The summed E-state index contributed by atoms with van der Waals surface area (Å²) in [5, 5.41) is 11.9. The van der Waals surface area contributed by atoms with Crippen molar-refractivity contribution in [2.24, 2.45) is 5.92 Å². The second-order valence-corrected chi connectivity index (χ2v) is 4.70. The Kier molecular flexibility index (Phi) is 3.79. The Morgan fingerprint density at radius 1 is 1.31 bits per heavy atom. The van der Waals surface area contributed by atoms with E-state index in [1.165, 1.54) is 0 Å². The van der Waals surface area contributed by atoms with E-state index in [1.54, 1.807) is 0 Å². The van der Waals surface area contributed by atoms with Gasteiger partial charge < -0.3 is 10.2 Å². The summed E-state index contributed by atoms with van der Waals surface area (Å²) in [7, 11) is 0. The Morgan fingerprint density at radius 2 is 2.00 bits per heavy atom. The van der Waals surface area contributed by atoms with Crippen molar-refractivity contribution in [1.29, 1.82) is 5.26 Å². The van der Waals surface area contributed by atoms with Gasteiger partial charge in [0.2, 0.25) is 5.91 Å². The third-order valence-corrected chi connectivity index (χ3v) is 3.42. The predicted octanol–water partition coefficient (Wildman–Crippen LogP) is 0.891. The van der Waals surface area contributed by atoms with Crippen LogP contribution in [0.3, 0.4) is 0 Å². The number of amides is 1. The molecular weight excluding hydrogens is 202 g/mol. The number of nitriles is 1. The van der Waals surface area contributed by atoms with Crippen LogP contribution in [-0.4, -0.2) is 36.5 Å². The van der Waals surface area contributed by atoms with Gasteiger partial charge in [-0.05, 0) is 38.8 Å². The monoisotopic (exact) mass is 221 g/mol. The van der Waals surface area contributed by atoms with Gasteiger partial charge in [-0.2, -0.15) is 5.26 Å². The van der Waals surface area contributed by atoms with E-state index in [0.717, 1.165) is 38.8 Å². The minimum atomic E-state index is 0.195. The van der Waals surface area contributed by atoms with E-state index in [4.69, 9.17) is 5.26 Å². The molecule has 1 saturated carbocycles. The third-order valence-electron chi connectivity index (χ3n) is 3.42. The molecule has 0 aromatic heterocycles. The van der Waals surface area contributed by atoms with Gasteiger partial charge in [-0.1, -0.05) is 0 Å². The molecule has 0 aromatic carbocycles. The fourth-order valence-electron chi connectivity index (χ4n) is 2.33. The molecule has 0 radical (unpaired) electrons. The number of carbonyl (C=O) groups excluding carboxylic acids is 1. The van der Waals surface area contributed by atoms with Gasteiger partial charge in [-0.25, -0.2) is 0 Å². The van der Waals surface area contributed by atoms with Crippen molar-refractivity contribution in [3.05, 3.63) is 0 Å². The third kappa shape index (κ3) is 2.73. The standard InChI is InChI=1S/C12H19N3O/c13-6-1-9-15(11-2-3-11)12(16)10-4-7-14-8-5-10/h10-11,14H,1-5,7-9H2. The lowest BCUT2D eigenvalue weighted by Gasteiger charge is -2.29. The van der Waals surface area contributed by atoms with Crippen LogP contribution in [0.2, 0.25) is 0 Å². The van der Waals surface area contributed by atoms with Crippen LogP contribution in [0, 0.1) is 17.2 Å². The Labute approximate surface area is 96.6 Å². The quantitative estimate of drug-likeness (QED) is 0.767. The molecule has 1 aliphatic heterocycles. The van der Waals surface area contributed by atoms with Gasteiger partial charge in [-0.3, -0.25) is 4.79 Å².